The molecule has 0 bridgehead atoms. The Morgan fingerprint density at radius 3 is 2.89 bits per heavy atom. The third-order valence-corrected chi connectivity index (χ3v) is 3.47. The van der Waals surface area contributed by atoms with E-state index >= 15 is 0 Å². The number of fused-ring (bicyclic) bond motifs is 1. The Hall–Kier alpha value is -1.99. The second kappa shape index (κ2) is 5.33. The first-order valence-corrected chi connectivity index (χ1v) is 6.49. The predicted octanol–water partition coefficient (Wildman–Crippen LogP) is 0.746. The van der Waals surface area contributed by atoms with E-state index in [0.717, 1.165) is 15.8 Å². The highest BCUT2D eigenvalue weighted by Crippen LogP contribution is 2.26. The van der Waals surface area contributed by atoms with Gasteiger partial charge in [-0.15, -0.1) is 0 Å². The van der Waals surface area contributed by atoms with E-state index in [4.69, 9.17) is 11.5 Å². The van der Waals surface area contributed by atoms with Gasteiger partial charge in [0, 0.05) is 0 Å². The first-order chi connectivity index (χ1) is 8.95. The Kier molecular flexibility index (Phi) is 3.77. The van der Waals surface area contributed by atoms with E-state index in [1.165, 1.54) is 11.3 Å². The van der Waals surface area contributed by atoms with Gasteiger partial charge in [-0.3, -0.25) is 9.59 Å². The van der Waals surface area contributed by atoms with Crippen molar-refractivity contribution in [1.29, 1.82) is 0 Å². The minimum atomic E-state index is -0.953. The van der Waals surface area contributed by atoms with Crippen molar-refractivity contribution in [2.75, 3.05) is 5.32 Å². The number of hydrogen-bond donors (Lipinski definition) is 3. The molecule has 0 aliphatic rings. The van der Waals surface area contributed by atoms with Crippen LogP contribution in [0.3, 0.4) is 0 Å². The van der Waals surface area contributed by atoms with Crippen LogP contribution < -0.4 is 16.8 Å². The number of primary amides is 1. The van der Waals surface area contributed by atoms with Crippen LogP contribution >= 0.6 is 11.3 Å². The van der Waals surface area contributed by atoms with E-state index < -0.39 is 17.9 Å². The van der Waals surface area contributed by atoms with Crippen molar-refractivity contribution >= 4 is 38.5 Å². The van der Waals surface area contributed by atoms with Gasteiger partial charge in [0.1, 0.15) is 0 Å². The lowest BCUT2D eigenvalue weighted by atomic mass is 10.2. The summed E-state index contributed by atoms with van der Waals surface area (Å²) in [4.78, 5) is 26.7. The molecule has 1 atom stereocenters. The van der Waals surface area contributed by atoms with Crippen molar-refractivity contribution in [2.24, 2.45) is 11.5 Å². The second-order valence-electron chi connectivity index (χ2n) is 4.26. The number of hydrogen-bond acceptors (Lipinski definition) is 5. The average molecular weight is 278 g/mol. The van der Waals surface area contributed by atoms with Gasteiger partial charge < -0.3 is 16.8 Å². The van der Waals surface area contributed by atoms with Crippen LogP contribution in [0.4, 0.5) is 5.13 Å². The molecule has 0 fully saturated rings. The summed E-state index contributed by atoms with van der Waals surface area (Å²) in [5.74, 6) is -1.07. The van der Waals surface area contributed by atoms with E-state index in [0.29, 0.717) is 5.13 Å². The van der Waals surface area contributed by atoms with Crippen LogP contribution in [0.25, 0.3) is 10.2 Å². The monoisotopic (exact) mass is 278 g/mol. The van der Waals surface area contributed by atoms with Gasteiger partial charge in [-0.25, -0.2) is 4.98 Å². The fraction of sp³-hybridized carbons (Fsp3) is 0.250. The van der Waals surface area contributed by atoms with Gasteiger partial charge in [0.15, 0.2) is 5.13 Å². The lowest BCUT2D eigenvalue weighted by Crippen LogP contribution is -2.38. The number of nitrogens with zero attached hydrogens (tertiary/aromatic N) is 1. The number of carbonyl (C=O) groups excluding carboxylic acids is 2. The van der Waals surface area contributed by atoms with Crippen LogP contribution in [0.5, 0.6) is 0 Å². The summed E-state index contributed by atoms with van der Waals surface area (Å²) in [7, 11) is 0. The zero-order chi connectivity index (χ0) is 14.0. The molecule has 0 saturated heterocycles. The first-order valence-electron chi connectivity index (χ1n) is 5.67. The van der Waals surface area contributed by atoms with Crippen molar-refractivity contribution in [3.63, 3.8) is 0 Å². The molecule has 0 spiro atoms. The Labute approximate surface area is 113 Å². The molecule has 19 heavy (non-hydrogen) atoms. The number of aromatic nitrogens is 1. The summed E-state index contributed by atoms with van der Waals surface area (Å²) in [6, 6.07) is 4.88. The van der Waals surface area contributed by atoms with Crippen molar-refractivity contribution in [1.82, 2.24) is 4.98 Å². The van der Waals surface area contributed by atoms with Crippen LogP contribution in [-0.2, 0) is 9.59 Å². The highest BCUT2D eigenvalue weighted by atomic mass is 32.1. The number of thiazole rings is 1. The maximum Gasteiger partial charge on any atom is 0.243 e. The number of benzene rings is 1. The minimum Gasteiger partial charge on any atom is -0.370 e. The zero-order valence-electron chi connectivity index (χ0n) is 10.3. The molecule has 100 valence electrons. The van der Waals surface area contributed by atoms with E-state index in [-0.39, 0.29) is 6.42 Å². The molecule has 2 rings (SSSR count). The van der Waals surface area contributed by atoms with Gasteiger partial charge in [-0.05, 0) is 24.6 Å². The van der Waals surface area contributed by atoms with Crippen molar-refractivity contribution in [3.05, 3.63) is 23.8 Å². The second-order valence-corrected chi connectivity index (χ2v) is 5.29. The molecule has 0 radical (unpaired) electrons. The molecule has 2 amide bonds. The van der Waals surface area contributed by atoms with Crippen molar-refractivity contribution < 1.29 is 9.59 Å². The van der Waals surface area contributed by atoms with E-state index in [1.807, 2.05) is 25.1 Å². The fourth-order valence-electron chi connectivity index (χ4n) is 1.59. The molecule has 0 aliphatic heterocycles. The largest absolute Gasteiger partial charge is 0.370 e. The normalized spacial score (nSPS) is 12.3. The summed E-state index contributed by atoms with van der Waals surface area (Å²) in [5, 5.41) is 3.06. The van der Waals surface area contributed by atoms with Gasteiger partial charge in [-0.2, -0.15) is 0 Å². The van der Waals surface area contributed by atoms with E-state index in [9.17, 15) is 9.59 Å². The molecule has 5 N–H and O–H groups in total. The number of nitrogens with two attached hydrogens (primary N) is 2. The third kappa shape index (κ3) is 3.27. The standard InChI is InChI=1S/C12H14N4O2S/c1-6-2-3-8-9(4-6)19-12(15-8)16-11(18)7(13)5-10(14)17/h2-4,7H,5,13H2,1H3,(H2,14,17)(H,15,16,18). The quantitative estimate of drug-likeness (QED) is 0.766. The number of nitrogens with one attached hydrogen (secondary N) is 1. The molecule has 1 unspecified atom stereocenters. The SMILES string of the molecule is Cc1ccc2nc(NC(=O)C(N)CC(N)=O)sc2c1. The van der Waals surface area contributed by atoms with Gasteiger partial charge in [0.05, 0.1) is 22.7 Å². The Balaban J connectivity index is 2.12. The summed E-state index contributed by atoms with van der Waals surface area (Å²) < 4.78 is 0.985. The third-order valence-electron chi connectivity index (χ3n) is 2.53. The molecular formula is C12H14N4O2S. The Morgan fingerprint density at radius 2 is 2.21 bits per heavy atom. The van der Waals surface area contributed by atoms with Crippen molar-refractivity contribution in [2.45, 2.75) is 19.4 Å². The number of aryl methyl sites for hydroxylation is 1. The number of amides is 2. The van der Waals surface area contributed by atoms with Crippen LogP contribution in [-0.4, -0.2) is 22.8 Å². The molecule has 1 aromatic heterocycles. The molecule has 0 aliphatic carbocycles. The average Bonchev–Trinajstić information content (AvgIpc) is 2.69. The van der Waals surface area contributed by atoms with Crippen LogP contribution in [0, 0.1) is 6.92 Å². The van der Waals surface area contributed by atoms with Gasteiger partial charge in [0.25, 0.3) is 0 Å². The van der Waals surface area contributed by atoms with E-state index in [2.05, 4.69) is 10.3 Å². The topological polar surface area (TPSA) is 111 Å². The molecule has 6 nitrogen and oxygen atoms in total. The Morgan fingerprint density at radius 1 is 1.47 bits per heavy atom. The molecule has 1 heterocycles. The summed E-state index contributed by atoms with van der Waals surface area (Å²) in [6.45, 7) is 1.99. The lowest BCUT2D eigenvalue weighted by molar-refractivity contribution is -0.123. The molecule has 7 heteroatoms. The van der Waals surface area contributed by atoms with Gasteiger partial charge in [-0.1, -0.05) is 17.4 Å². The van der Waals surface area contributed by atoms with Gasteiger partial charge in [0.2, 0.25) is 11.8 Å². The number of carbonyl (C=O) groups is 2. The molecule has 2 aromatic rings. The fourth-order valence-corrected chi connectivity index (χ4v) is 2.56. The molecular weight excluding hydrogens is 264 g/mol. The van der Waals surface area contributed by atoms with Crippen LogP contribution in [0.15, 0.2) is 18.2 Å². The smallest absolute Gasteiger partial charge is 0.243 e. The zero-order valence-corrected chi connectivity index (χ0v) is 11.2. The molecule has 0 saturated carbocycles. The number of anilines is 1. The highest BCUT2D eigenvalue weighted by molar-refractivity contribution is 7.22. The van der Waals surface area contributed by atoms with Crippen LogP contribution in [0.2, 0.25) is 0 Å². The lowest BCUT2D eigenvalue weighted by Gasteiger charge is -2.07. The maximum atomic E-state index is 11.7. The van der Waals surface area contributed by atoms with Gasteiger partial charge >= 0.3 is 0 Å². The maximum absolute atomic E-state index is 11.7. The number of rotatable bonds is 4. The van der Waals surface area contributed by atoms with Crippen LogP contribution in [0.1, 0.15) is 12.0 Å². The van der Waals surface area contributed by atoms with E-state index in [1.54, 1.807) is 0 Å². The minimum absolute atomic E-state index is 0.185. The summed E-state index contributed by atoms with van der Waals surface area (Å²) in [6.07, 6.45) is -0.185. The first kappa shape index (κ1) is 13.4. The Bertz CT molecular complexity index is 638. The summed E-state index contributed by atoms with van der Waals surface area (Å²) in [5.41, 5.74) is 12.5. The van der Waals surface area contributed by atoms with Crippen molar-refractivity contribution in [3.8, 4) is 0 Å². The predicted molar refractivity (Wildman–Crippen MR) is 74.8 cm³/mol. The molecule has 1 aromatic carbocycles. The summed E-state index contributed by atoms with van der Waals surface area (Å²) >= 11 is 1.36. The highest BCUT2D eigenvalue weighted by Gasteiger charge is 2.17.